The van der Waals surface area contributed by atoms with Gasteiger partial charge in [-0.1, -0.05) is 18.2 Å². The quantitative estimate of drug-likeness (QED) is 0.659. The van der Waals surface area contributed by atoms with Crippen molar-refractivity contribution in [2.75, 3.05) is 13.3 Å². The maximum absolute atomic E-state index is 13.8. The van der Waals surface area contributed by atoms with E-state index in [2.05, 4.69) is 5.32 Å². The van der Waals surface area contributed by atoms with Crippen LogP contribution >= 0.6 is 0 Å². The molecule has 1 fully saturated rings. The number of hydrogen-bond donors (Lipinski definition) is 1. The molecule has 2 aromatic carbocycles. The van der Waals surface area contributed by atoms with Crippen LogP contribution in [0.4, 0.5) is 9.18 Å². The highest BCUT2D eigenvalue weighted by molar-refractivity contribution is 6.11. The van der Waals surface area contributed by atoms with Gasteiger partial charge in [-0.05, 0) is 36.8 Å². The Balaban J connectivity index is 1.60. The molecule has 7 nitrogen and oxygen atoms in total. The van der Waals surface area contributed by atoms with Crippen LogP contribution in [-0.4, -0.2) is 36.0 Å². The molecule has 3 amide bonds. The van der Waals surface area contributed by atoms with E-state index in [1.807, 2.05) is 0 Å². The summed E-state index contributed by atoms with van der Waals surface area (Å²) in [5.74, 6) is -0.946. The lowest BCUT2D eigenvalue weighted by atomic mass is 9.91. The molecule has 0 radical (unpaired) electrons. The second-order valence-corrected chi connectivity index (χ2v) is 6.42. The normalized spacial score (nSPS) is 20.7. The summed E-state index contributed by atoms with van der Waals surface area (Å²) in [4.78, 5) is 38.4. The Kier molecular flexibility index (Phi) is 3.83. The van der Waals surface area contributed by atoms with Crippen molar-refractivity contribution in [3.8, 4) is 11.5 Å². The maximum Gasteiger partial charge on any atom is 0.325 e. The minimum absolute atomic E-state index is 0.0824. The fraction of sp³-hybridized carbons (Fsp3) is 0.211. The highest BCUT2D eigenvalue weighted by atomic mass is 19.1. The van der Waals surface area contributed by atoms with Crippen LogP contribution in [0.15, 0.2) is 42.5 Å². The number of amides is 3. The molecular weight excluding hydrogens is 355 g/mol. The first kappa shape index (κ1) is 17.0. The van der Waals surface area contributed by atoms with Crippen LogP contribution in [0.5, 0.6) is 11.5 Å². The number of fused-ring (bicyclic) bond motifs is 1. The number of carbonyl (C=O) groups is 3. The van der Waals surface area contributed by atoms with Crippen molar-refractivity contribution in [3.63, 3.8) is 0 Å². The van der Waals surface area contributed by atoms with E-state index < -0.39 is 35.6 Å². The highest BCUT2D eigenvalue weighted by Crippen LogP contribution is 2.37. The fourth-order valence-electron chi connectivity index (χ4n) is 3.16. The van der Waals surface area contributed by atoms with Gasteiger partial charge in [0.2, 0.25) is 6.79 Å². The molecule has 0 bridgehead atoms. The predicted octanol–water partition coefficient (Wildman–Crippen LogP) is 2.20. The van der Waals surface area contributed by atoms with Crippen molar-refractivity contribution in [2.45, 2.75) is 12.5 Å². The Labute approximate surface area is 153 Å². The number of halogens is 1. The molecular formula is C19H15FN2O5. The molecule has 0 aliphatic carbocycles. The van der Waals surface area contributed by atoms with Gasteiger partial charge in [0.15, 0.2) is 17.3 Å². The lowest BCUT2D eigenvalue weighted by molar-refractivity contribution is -0.130. The van der Waals surface area contributed by atoms with Crippen molar-refractivity contribution >= 4 is 17.7 Å². The van der Waals surface area contributed by atoms with E-state index in [1.165, 1.54) is 18.2 Å². The third-order valence-corrected chi connectivity index (χ3v) is 4.70. The molecule has 1 N–H and O–H groups in total. The number of rotatable bonds is 4. The second-order valence-electron chi connectivity index (χ2n) is 6.42. The van der Waals surface area contributed by atoms with E-state index in [4.69, 9.17) is 9.47 Å². The second kappa shape index (κ2) is 6.08. The molecule has 2 heterocycles. The largest absolute Gasteiger partial charge is 0.454 e. The Morgan fingerprint density at radius 1 is 1.19 bits per heavy atom. The molecule has 2 aliphatic rings. The molecule has 1 saturated heterocycles. The monoisotopic (exact) mass is 370 g/mol. The average molecular weight is 370 g/mol. The molecule has 138 valence electrons. The molecule has 8 heteroatoms. The number of carbonyl (C=O) groups excluding carboxylic acids is 3. The van der Waals surface area contributed by atoms with Crippen molar-refractivity contribution in [1.29, 1.82) is 0 Å². The number of hydrogen-bond acceptors (Lipinski definition) is 5. The van der Waals surface area contributed by atoms with Crippen molar-refractivity contribution < 1.29 is 28.2 Å². The van der Waals surface area contributed by atoms with Gasteiger partial charge in [-0.2, -0.15) is 0 Å². The molecule has 2 aromatic rings. The summed E-state index contributed by atoms with van der Waals surface area (Å²) in [5, 5.41) is 2.60. The van der Waals surface area contributed by atoms with Crippen LogP contribution in [0.25, 0.3) is 0 Å². The van der Waals surface area contributed by atoms with Crippen LogP contribution in [0.2, 0.25) is 0 Å². The lowest BCUT2D eigenvalue weighted by Crippen LogP contribution is -2.41. The van der Waals surface area contributed by atoms with Gasteiger partial charge in [0.05, 0.1) is 12.1 Å². The number of nitrogens with one attached hydrogen (secondary N) is 1. The Morgan fingerprint density at radius 3 is 2.70 bits per heavy atom. The van der Waals surface area contributed by atoms with Gasteiger partial charge in [0, 0.05) is 0 Å². The minimum Gasteiger partial charge on any atom is -0.454 e. The number of ether oxygens (including phenoxy) is 2. The van der Waals surface area contributed by atoms with Crippen molar-refractivity contribution in [3.05, 3.63) is 59.4 Å². The predicted molar refractivity (Wildman–Crippen MR) is 90.9 cm³/mol. The summed E-state index contributed by atoms with van der Waals surface area (Å²) >= 11 is 0. The molecule has 1 atom stereocenters. The van der Waals surface area contributed by atoms with Gasteiger partial charge < -0.3 is 14.8 Å². The van der Waals surface area contributed by atoms with Crippen LogP contribution in [0.1, 0.15) is 22.8 Å². The summed E-state index contributed by atoms with van der Waals surface area (Å²) in [7, 11) is 0. The molecule has 0 unspecified atom stereocenters. The number of ketones is 1. The summed E-state index contributed by atoms with van der Waals surface area (Å²) < 4.78 is 24.4. The summed E-state index contributed by atoms with van der Waals surface area (Å²) in [6.45, 7) is 1.07. The van der Waals surface area contributed by atoms with E-state index in [-0.39, 0.29) is 12.4 Å². The van der Waals surface area contributed by atoms with Crippen molar-refractivity contribution in [1.82, 2.24) is 10.2 Å². The minimum atomic E-state index is -1.37. The summed E-state index contributed by atoms with van der Waals surface area (Å²) in [5.41, 5.74) is -1.05. The average Bonchev–Trinajstić information content (AvgIpc) is 3.20. The number of nitrogens with zero attached hydrogens (tertiary/aromatic N) is 1. The van der Waals surface area contributed by atoms with E-state index in [1.54, 1.807) is 25.1 Å². The zero-order valence-electron chi connectivity index (χ0n) is 14.3. The topological polar surface area (TPSA) is 84.9 Å². The SMILES string of the molecule is C[C@@]1(c2ccc3c(c2)OCO3)NC(=O)N(CC(=O)c2ccccc2F)C1=O. The maximum atomic E-state index is 13.8. The third kappa shape index (κ3) is 2.69. The Bertz CT molecular complexity index is 976. The fourth-order valence-corrected chi connectivity index (χ4v) is 3.16. The number of benzene rings is 2. The Morgan fingerprint density at radius 2 is 1.93 bits per heavy atom. The molecule has 0 aromatic heterocycles. The van der Waals surface area contributed by atoms with E-state index >= 15 is 0 Å². The molecule has 27 heavy (non-hydrogen) atoms. The van der Waals surface area contributed by atoms with E-state index in [0.29, 0.717) is 17.1 Å². The van der Waals surface area contributed by atoms with Crippen molar-refractivity contribution in [2.24, 2.45) is 0 Å². The zero-order valence-corrected chi connectivity index (χ0v) is 14.3. The van der Waals surface area contributed by atoms with Gasteiger partial charge in [-0.25, -0.2) is 9.18 Å². The van der Waals surface area contributed by atoms with Crippen LogP contribution in [0.3, 0.4) is 0 Å². The standard InChI is InChI=1S/C19H15FN2O5/c1-19(11-6-7-15-16(8-11)27-10-26-15)17(24)22(18(25)21-19)9-14(23)12-4-2-3-5-13(12)20/h2-8H,9-10H2,1H3,(H,21,25)/t19-/m0/s1. The van der Waals surface area contributed by atoms with Gasteiger partial charge in [-0.15, -0.1) is 0 Å². The lowest BCUT2D eigenvalue weighted by Gasteiger charge is -2.22. The third-order valence-electron chi connectivity index (χ3n) is 4.70. The summed E-state index contributed by atoms with van der Waals surface area (Å²) in [6.07, 6.45) is 0. The Hall–Kier alpha value is -3.42. The van der Waals surface area contributed by atoms with Crippen LogP contribution in [0, 0.1) is 5.82 Å². The number of urea groups is 1. The molecule has 2 aliphatic heterocycles. The van der Waals surface area contributed by atoms with E-state index in [9.17, 15) is 18.8 Å². The smallest absolute Gasteiger partial charge is 0.325 e. The van der Waals surface area contributed by atoms with Gasteiger partial charge >= 0.3 is 6.03 Å². The summed E-state index contributed by atoms with van der Waals surface area (Å²) in [6, 6.07) is 9.62. The molecule has 0 saturated carbocycles. The van der Waals surface area contributed by atoms with Gasteiger partial charge in [0.25, 0.3) is 5.91 Å². The number of imide groups is 1. The van der Waals surface area contributed by atoms with Gasteiger partial charge in [-0.3, -0.25) is 14.5 Å². The first-order valence-corrected chi connectivity index (χ1v) is 8.22. The number of Topliss-reactive ketones (excluding diaryl/α,β-unsaturated/α-hetero) is 1. The molecule has 0 spiro atoms. The highest BCUT2D eigenvalue weighted by Gasteiger charge is 2.50. The van der Waals surface area contributed by atoms with Crippen LogP contribution < -0.4 is 14.8 Å². The van der Waals surface area contributed by atoms with E-state index in [0.717, 1.165) is 11.0 Å². The van der Waals surface area contributed by atoms with Gasteiger partial charge in [0.1, 0.15) is 11.4 Å². The molecule has 4 rings (SSSR count). The first-order chi connectivity index (χ1) is 12.9. The van der Waals surface area contributed by atoms with Crippen LogP contribution in [-0.2, 0) is 10.3 Å². The zero-order chi connectivity index (χ0) is 19.2. The first-order valence-electron chi connectivity index (χ1n) is 8.22.